The van der Waals surface area contributed by atoms with Gasteiger partial charge < -0.3 is 27.1 Å². The van der Waals surface area contributed by atoms with Crippen molar-refractivity contribution in [2.45, 2.75) is 0 Å². The highest BCUT2D eigenvalue weighted by Gasteiger charge is 2.26. The molecule has 0 fully saturated rings. The van der Waals surface area contributed by atoms with Crippen LogP contribution >= 0.6 is 0 Å². The van der Waals surface area contributed by atoms with Crippen molar-refractivity contribution < 1.29 is 8.83 Å². The number of hydrogen-bond donors (Lipinski definition) is 0. The summed E-state index contributed by atoms with van der Waals surface area (Å²) in [5.41, 5.74) is 14.9. The molecule has 0 aliphatic rings. The Labute approximate surface area is 431 Å². The summed E-state index contributed by atoms with van der Waals surface area (Å²) >= 11 is 0. The maximum absolute atomic E-state index is 11.6. The van der Waals surface area contributed by atoms with E-state index in [0.29, 0.717) is 22.6 Å². The van der Waals surface area contributed by atoms with Gasteiger partial charge in [-0.3, -0.25) is 0 Å². The third kappa shape index (κ3) is 5.28. The number of furan rings is 2. The van der Waals surface area contributed by atoms with Gasteiger partial charge in [0.2, 0.25) is 5.69 Å². The summed E-state index contributed by atoms with van der Waals surface area (Å²) in [6.45, 7) is 9.05. The monoisotopic (exact) mass is 968 g/mol. The lowest BCUT2D eigenvalue weighted by molar-refractivity contribution is 0.672. The lowest BCUT2D eigenvalue weighted by atomic mass is 10.1. The van der Waals surface area contributed by atoms with E-state index in [1.54, 1.807) is 0 Å². The lowest BCUT2D eigenvalue weighted by Gasteiger charge is -2.17. The minimum absolute atomic E-state index is 0.387. The van der Waals surface area contributed by atoms with Crippen molar-refractivity contribution in [1.29, 1.82) is 5.26 Å². The van der Waals surface area contributed by atoms with Gasteiger partial charge in [0, 0.05) is 65.2 Å². The molecule has 0 amide bonds. The van der Waals surface area contributed by atoms with Crippen LogP contribution in [0.4, 0.5) is 5.69 Å². The fourth-order valence-electron chi connectivity index (χ4n) is 12.9. The Kier molecular flexibility index (Phi) is 7.99. The Morgan fingerprint density at radius 3 is 1.17 bits per heavy atom. The van der Waals surface area contributed by atoms with Gasteiger partial charge in [0.25, 0.3) is 0 Å². The van der Waals surface area contributed by atoms with Crippen molar-refractivity contribution in [2.75, 3.05) is 0 Å². The molecule has 0 aliphatic heterocycles. The normalized spacial score (nSPS) is 12.2. The van der Waals surface area contributed by atoms with Crippen LogP contribution in [0.25, 0.3) is 159 Å². The summed E-state index contributed by atoms with van der Waals surface area (Å²) in [6, 6.07) is 78.5. The van der Waals surface area contributed by atoms with E-state index in [1.807, 2.05) is 48.5 Å². The van der Waals surface area contributed by atoms with Crippen molar-refractivity contribution in [3.63, 3.8) is 0 Å². The van der Waals surface area contributed by atoms with Crippen LogP contribution in [-0.4, -0.2) is 18.3 Å². The lowest BCUT2D eigenvalue weighted by Crippen LogP contribution is -2.02. The van der Waals surface area contributed by atoms with Crippen molar-refractivity contribution in [1.82, 2.24) is 18.3 Å². The summed E-state index contributed by atoms with van der Waals surface area (Å²) in [7, 11) is 0. The number of aromatic nitrogens is 4. The van der Waals surface area contributed by atoms with Crippen LogP contribution in [0.5, 0.6) is 0 Å². The molecule has 0 spiro atoms. The Morgan fingerprint density at radius 2 is 0.737 bits per heavy atom. The topological polar surface area (TPSA) is 74.2 Å². The van der Waals surface area contributed by atoms with Crippen molar-refractivity contribution in [2.24, 2.45) is 0 Å². The average molecular weight is 969 g/mol. The van der Waals surface area contributed by atoms with E-state index >= 15 is 0 Å². The van der Waals surface area contributed by atoms with Gasteiger partial charge >= 0.3 is 0 Å². The van der Waals surface area contributed by atoms with Gasteiger partial charge in [0.1, 0.15) is 28.4 Å². The Balaban J connectivity index is 0.969. The van der Waals surface area contributed by atoms with E-state index in [-0.39, 0.29) is 0 Å². The molecular formula is C68H36N6O2. The molecule has 6 aromatic heterocycles. The Hall–Kier alpha value is -10.8. The summed E-state index contributed by atoms with van der Waals surface area (Å²) in [5, 5.41) is 24.2. The molecule has 17 rings (SSSR count). The zero-order valence-electron chi connectivity index (χ0n) is 40.3. The molecular weight excluding hydrogens is 933 g/mol. The van der Waals surface area contributed by atoms with Crippen molar-refractivity contribution in [3.05, 3.63) is 235 Å². The summed E-state index contributed by atoms with van der Waals surface area (Å²) in [5.74, 6) is 0. The summed E-state index contributed by atoms with van der Waals surface area (Å²) < 4.78 is 22.5. The van der Waals surface area contributed by atoms with Crippen LogP contribution in [0.1, 0.15) is 5.56 Å². The molecule has 11 aromatic carbocycles. The zero-order valence-corrected chi connectivity index (χ0v) is 40.3. The zero-order chi connectivity index (χ0) is 49.9. The Morgan fingerprint density at radius 1 is 0.342 bits per heavy atom. The predicted octanol–water partition coefficient (Wildman–Crippen LogP) is 18.3. The van der Waals surface area contributed by atoms with Gasteiger partial charge in [-0.05, 0) is 109 Å². The van der Waals surface area contributed by atoms with Crippen LogP contribution in [0.3, 0.4) is 0 Å². The van der Waals surface area contributed by atoms with Gasteiger partial charge in [-0.1, -0.05) is 109 Å². The molecule has 8 nitrogen and oxygen atoms in total. The second kappa shape index (κ2) is 14.9. The number of para-hydroxylation sites is 6. The molecule has 0 saturated carbocycles. The second-order valence-corrected chi connectivity index (χ2v) is 19.8. The molecule has 0 aliphatic carbocycles. The van der Waals surface area contributed by atoms with E-state index in [9.17, 15) is 5.26 Å². The first-order chi connectivity index (χ1) is 37.6. The minimum Gasteiger partial charge on any atom is -0.455 e. The molecule has 0 unspecified atom stereocenters. The number of fused-ring (bicyclic) bond motifs is 20. The first-order valence-electron chi connectivity index (χ1n) is 25.3. The maximum Gasteiger partial charge on any atom is 0.212 e. The number of rotatable bonds is 4. The average Bonchev–Trinajstić information content (AvgIpc) is 4.38. The minimum atomic E-state index is 0.387. The van der Waals surface area contributed by atoms with Crippen molar-refractivity contribution >= 4 is 137 Å². The van der Waals surface area contributed by atoms with E-state index in [2.05, 4.69) is 199 Å². The first-order valence-corrected chi connectivity index (χ1v) is 25.3. The van der Waals surface area contributed by atoms with Crippen molar-refractivity contribution in [3.8, 4) is 28.8 Å². The van der Waals surface area contributed by atoms with Gasteiger partial charge in [-0.2, -0.15) is 5.26 Å². The van der Waals surface area contributed by atoms with Crippen LogP contribution in [0.15, 0.2) is 227 Å². The summed E-state index contributed by atoms with van der Waals surface area (Å²) in [4.78, 5) is 4.36. The second-order valence-electron chi connectivity index (χ2n) is 19.8. The van der Waals surface area contributed by atoms with Gasteiger partial charge in [0.15, 0.2) is 0 Å². The fraction of sp³-hybridized carbons (Fsp3) is 0. The van der Waals surface area contributed by atoms with Gasteiger partial charge in [0.05, 0.1) is 78.4 Å². The maximum atomic E-state index is 11.6. The highest BCUT2D eigenvalue weighted by atomic mass is 16.3. The SMILES string of the molecule is [C-]#[N+]c1cc(-n2c3cc(-n4c5ccccc5c5ccccc54)ccc3c3c4oc5ccccc5c4ccc32)c(C#N)cc1-n1c2cc(-n3c4ccccc4c4ccccc43)ccc2c2c3oc4ccccc4c3ccc21. The largest absolute Gasteiger partial charge is 0.455 e. The first kappa shape index (κ1) is 40.8. The molecule has 76 heavy (non-hydrogen) atoms. The summed E-state index contributed by atoms with van der Waals surface area (Å²) in [6.07, 6.45) is 0. The number of nitrogens with zero attached hydrogens (tertiary/aromatic N) is 6. The molecule has 6 heterocycles. The van der Waals surface area contributed by atoms with E-state index < -0.39 is 0 Å². The third-order valence-electron chi connectivity index (χ3n) is 16.0. The third-order valence-corrected chi connectivity index (χ3v) is 16.0. The number of benzene rings is 11. The quantitative estimate of drug-likeness (QED) is 0.165. The Bertz CT molecular complexity index is 5070. The highest BCUT2D eigenvalue weighted by molar-refractivity contribution is 6.26. The molecule has 0 atom stereocenters. The molecule has 0 bridgehead atoms. The predicted molar refractivity (Wildman–Crippen MR) is 309 cm³/mol. The standard InChI is InChI=1S/C68H36N6O2/c1-70-52-37-59(73-57-32-30-48-46-18-6-12-24-63(46)75-67(48)65(57)50-28-26-40(35-60(50)73)71-53-20-8-2-14-42(53)43-15-3-9-21-54(43)71)39(38-69)34-62(52)74-58-33-31-49-47-19-7-13-25-64(47)76-68(49)66(58)51-29-27-41(36-61(51)74)72-55-22-10-4-16-44(55)45-17-5-11-23-56(45)72/h2-37H. The van der Waals surface area contributed by atoms with Crippen LogP contribution in [0, 0.1) is 17.9 Å². The van der Waals surface area contributed by atoms with Gasteiger partial charge in [-0.25, -0.2) is 4.85 Å². The molecule has 0 radical (unpaired) electrons. The number of nitriles is 1. The van der Waals surface area contributed by atoms with E-state index in [1.165, 1.54) is 21.5 Å². The molecule has 17 aromatic rings. The molecule has 0 saturated heterocycles. The number of hydrogen-bond acceptors (Lipinski definition) is 3. The molecule has 0 N–H and O–H groups in total. The molecule has 350 valence electrons. The van der Waals surface area contributed by atoms with Crippen LogP contribution in [0.2, 0.25) is 0 Å². The van der Waals surface area contributed by atoms with Crippen LogP contribution < -0.4 is 0 Å². The van der Waals surface area contributed by atoms with E-state index in [0.717, 1.165) is 121 Å². The fourth-order valence-corrected chi connectivity index (χ4v) is 12.9. The highest BCUT2D eigenvalue weighted by Crippen LogP contribution is 2.47. The van der Waals surface area contributed by atoms with Crippen LogP contribution in [-0.2, 0) is 0 Å². The van der Waals surface area contributed by atoms with Gasteiger partial charge in [-0.15, -0.1) is 0 Å². The molecule has 8 heteroatoms. The smallest absolute Gasteiger partial charge is 0.212 e. The van der Waals surface area contributed by atoms with E-state index in [4.69, 9.17) is 15.4 Å².